The van der Waals surface area contributed by atoms with Crippen molar-refractivity contribution < 1.29 is 14.3 Å². The van der Waals surface area contributed by atoms with Crippen LogP contribution in [0.3, 0.4) is 0 Å². The monoisotopic (exact) mass is 294 g/mol. The maximum absolute atomic E-state index is 13.5. The highest BCUT2D eigenvalue weighted by atomic mass is 32.1. The molecule has 2 rings (SSSR count). The van der Waals surface area contributed by atoms with Crippen molar-refractivity contribution in [1.82, 2.24) is 0 Å². The second-order valence-electron chi connectivity index (χ2n) is 4.46. The van der Waals surface area contributed by atoms with Gasteiger partial charge in [0.05, 0.1) is 17.4 Å². The van der Waals surface area contributed by atoms with E-state index < -0.39 is 11.8 Å². The number of carboxylic acids is 1. The third-order valence-electron chi connectivity index (χ3n) is 3.30. The van der Waals surface area contributed by atoms with E-state index >= 15 is 0 Å². The van der Waals surface area contributed by atoms with E-state index in [-0.39, 0.29) is 17.3 Å². The Balaban J connectivity index is 2.47. The van der Waals surface area contributed by atoms with Crippen LogP contribution in [0.1, 0.15) is 28.2 Å². The summed E-state index contributed by atoms with van der Waals surface area (Å²) in [6, 6.07) is 6.51. The number of rotatable bonds is 4. The standard InChI is InChI=1S/C14H15FN2O2S/c1-8(11-4-3-7-20-11)17(2)10-6-5-9(15)13(16)12(10)14(18)19/h3-8H,16H2,1-2H3,(H,18,19). The average Bonchev–Trinajstić information content (AvgIpc) is 2.93. The first-order valence-corrected chi connectivity index (χ1v) is 6.89. The molecule has 0 aliphatic carbocycles. The SMILES string of the molecule is CC(c1cccs1)N(C)c1ccc(F)c(N)c1C(=O)O. The second-order valence-corrected chi connectivity index (χ2v) is 5.44. The molecule has 2 aromatic rings. The summed E-state index contributed by atoms with van der Waals surface area (Å²) in [7, 11) is 1.77. The lowest BCUT2D eigenvalue weighted by Gasteiger charge is -2.28. The topological polar surface area (TPSA) is 66.6 Å². The van der Waals surface area contributed by atoms with Gasteiger partial charge in [-0.15, -0.1) is 11.3 Å². The zero-order valence-corrected chi connectivity index (χ0v) is 11.9. The van der Waals surface area contributed by atoms with Crippen molar-refractivity contribution in [3.05, 3.63) is 45.9 Å². The fourth-order valence-corrected chi connectivity index (χ4v) is 2.86. The van der Waals surface area contributed by atoms with Gasteiger partial charge in [-0.05, 0) is 30.5 Å². The highest BCUT2D eigenvalue weighted by Crippen LogP contribution is 2.33. The molecule has 4 nitrogen and oxygen atoms in total. The molecule has 6 heteroatoms. The van der Waals surface area contributed by atoms with Crippen molar-refractivity contribution in [1.29, 1.82) is 0 Å². The van der Waals surface area contributed by atoms with Gasteiger partial charge in [-0.25, -0.2) is 9.18 Å². The number of hydrogen-bond acceptors (Lipinski definition) is 4. The molecule has 20 heavy (non-hydrogen) atoms. The summed E-state index contributed by atoms with van der Waals surface area (Å²) in [4.78, 5) is 14.2. The molecule has 106 valence electrons. The van der Waals surface area contributed by atoms with Gasteiger partial charge in [0.25, 0.3) is 0 Å². The Labute approximate surface area is 120 Å². The molecular weight excluding hydrogens is 279 g/mol. The molecule has 0 saturated heterocycles. The molecule has 3 N–H and O–H groups in total. The number of anilines is 2. The van der Waals surface area contributed by atoms with Gasteiger partial charge in [0, 0.05) is 11.9 Å². The molecular formula is C14H15FN2O2S. The lowest BCUT2D eigenvalue weighted by atomic mass is 10.1. The first-order valence-electron chi connectivity index (χ1n) is 6.01. The van der Waals surface area contributed by atoms with Crippen molar-refractivity contribution in [2.75, 3.05) is 17.7 Å². The molecule has 1 unspecified atom stereocenters. The number of halogens is 1. The molecule has 0 aliphatic heterocycles. The zero-order valence-electron chi connectivity index (χ0n) is 11.1. The Kier molecular flexibility index (Phi) is 3.94. The summed E-state index contributed by atoms with van der Waals surface area (Å²) in [5, 5.41) is 11.2. The Bertz CT molecular complexity index is 628. The van der Waals surface area contributed by atoms with E-state index in [1.165, 1.54) is 12.1 Å². The van der Waals surface area contributed by atoms with Crippen molar-refractivity contribution in [3.8, 4) is 0 Å². The first kappa shape index (κ1) is 14.3. The molecule has 0 radical (unpaired) electrons. The lowest BCUT2D eigenvalue weighted by molar-refractivity contribution is 0.0698. The molecule has 0 saturated carbocycles. The number of carboxylic acid groups (broad SMARTS) is 1. The number of nitrogen functional groups attached to an aromatic ring is 1. The van der Waals surface area contributed by atoms with Gasteiger partial charge in [-0.3, -0.25) is 0 Å². The minimum Gasteiger partial charge on any atom is -0.478 e. The Hall–Kier alpha value is -2.08. The number of nitrogens with zero attached hydrogens (tertiary/aromatic N) is 1. The van der Waals surface area contributed by atoms with Crippen LogP contribution in [0.25, 0.3) is 0 Å². The Morgan fingerprint density at radius 1 is 1.45 bits per heavy atom. The van der Waals surface area contributed by atoms with Gasteiger partial charge < -0.3 is 15.7 Å². The van der Waals surface area contributed by atoms with Crippen LogP contribution >= 0.6 is 11.3 Å². The molecule has 0 bridgehead atoms. The molecule has 0 fully saturated rings. The molecule has 1 aromatic carbocycles. The minimum absolute atomic E-state index is 0.0297. The van der Waals surface area contributed by atoms with Gasteiger partial charge in [0.2, 0.25) is 0 Å². The van der Waals surface area contributed by atoms with E-state index in [4.69, 9.17) is 5.73 Å². The summed E-state index contributed by atoms with van der Waals surface area (Å²) < 4.78 is 13.5. The fourth-order valence-electron chi connectivity index (χ4n) is 2.03. The van der Waals surface area contributed by atoms with Crippen LogP contribution in [0.2, 0.25) is 0 Å². The van der Waals surface area contributed by atoms with Gasteiger partial charge in [0.15, 0.2) is 0 Å². The lowest BCUT2D eigenvalue weighted by Crippen LogP contribution is -2.24. The smallest absolute Gasteiger partial charge is 0.340 e. The van der Waals surface area contributed by atoms with Crippen molar-refractivity contribution in [3.63, 3.8) is 0 Å². The maximum atomic E-state index is 13.5. The largest absolute Gasteiger partial charge is 0.478 e. The van der Waals surface area contributed by atoms with E-state index in [1.807, 2.05) is 24.4 Å². The first-order chi connectivity index (χ1) is 9.43. The predicted octanol–water partition coefficient (Wildman–Crippen LogP) is 3.37. The van der Waals surface area contributed by atoms with E-state index in [1.54, 1.807) is 23.3 Å². The zero-order chi connectivity index (χ0) is 14.9. The number of aromatic carboxylic acids is 1. The summed E-state index contributed by atoms with van der Waals surface area (Å²) in [6.07, 6.45) is 0. The predicted molar refractivity (Wildman–Crippen MR) is 78.9 cm³/mol. The fraction of sp³-hybridized carbons (Fsp3) is 0.214. The molecule has 0 aliphatic rings. The number of nitrogens with two attached hydrogens (primary N) is 1. The number of hydrogen-bond donors (Lipinski definition) is 2. The van der Waals surface area contributed by atoms with E-state index in [0.29, 0.717) is 5.69 Å². The van der Waals surface area contributed by atoms with Crippen molar-refractivity contribution in [2.24, 2.45) is 0 Å². The van der Waals surface area contributed by atoms with E-state index in [0.717, 1.165) is 4.88 Å². The van der Waals surface area contributed by atoms with Gasteiger partial charge >= 0.3 is 5.97 Å². The Morgan fingerprint density at radius 2 is 2.15 bits per heavy atom. The molecule has 0 amide bonds. The third kappa shape index (κ3) is 2.46. The van der Waals surface area contributed by atoms with Crippen molar-refractivity contribution in [2.45, 2.75) is 13.0 Å². The Morgan fingerprint density at radius 3 is 2.70 bits per heavy atom. The van der Waals surface area contributed by atoms with E-state index in [2.05, 4.69) is 0 Å². The van der Waals surface area contributed by atoms with Gasteiger partial charge in [0.1, 0.15) is 11.4 Å². The molecule has 1 heterocycles. The summed E-state index contributed by atoms with van der Waals surface area (Å²) in [5.41, 5.74) is 5.43. The van der Waals surface area contributed by atoms with Crippen LogP contribution in [0.5, 0.6) is 0 Å². The molecule has 0 spiro atoms. The van der Waals surface area contributed by atoms with Crippen LogP contribution in [-0.4, -0.2) is 18.1 Å². The van der Waals surface area contributed by atoms with Crippen LogP contribution in [0, 0.1) is 5.82 Å². The van der Waals surface area contributed by atoms with Crippen LogP contribution in [0.4, 0.5) is 15.8 Å². The van der Waals surface area contributed by atoms with Gasteiger partial charge in [-0.1, -0.05) is 6.07 Å². The molecule has 1 atom stereocenters. The van der Waals surface area contributed by atoms with Crippen molar-refractivity contribution >= 4 is 28.7 Å². The number of thiophene rings is 1. The summed E-state index contributed by atoms with van der Waals surface area (Å²) in [6.45, 7) is 1.96. The highest BCUT2D eigenvalue weighted by molar-refractivity contribution is 7.10. The van der Waals surface area contributed by atoms with Crippen LogP contribution < -0.4 is 10.6 Å². The highest BCUT2D eigenvalue weighted by Gasteiger charge is 2.23. The quantitative estimate of drug-likeness (QED) is 0.848. The summed E-state index contributed by atoms with van der Waals surface area (Å²) in [5.74, 6) is -1.95. The minimum atomic E-state index is -1.23. The maximum Gasteiger partial charge on any atom is 0.340 e. The second kappa shape index (κ2) is 5.50. The van der Waals surface area contributed by atoms with Crippen LogP contribution in [-0.2, 0) is 0 Å². The number of carbonyl (C=O) groups is 1. The normalized spacial score (nSPS) is 12.2. The number of benzene rings is 1. The van der Waals surface area contributed by atoms with Crippen LogP contribution in [0.15, 0.2) is 29.6 Å². The summed E-state index contributed by atoms with van der Waals surface area (Å²) >= 11 is 1.58. The van der Waals surface area contributed by atoms with Gasteiger partial charge in [-0.2, -0.15) is 0 Å². The average molecular weight is 294 g/mol. The molecule has 1 aromatic heterocycles. The van der Waals surface area contributed by atoms with E-state index in [9.17, 15) is 14.3 Å². The third-order valence-corrected chi connectivity index (χ3v) is 4.34.